The molecular formula is C10H13N7O3. The predicted molar refractivity (Wildman–Crippen MR) is 66.8 cm³/mol. The molecule has 0 unspecified atom stereocenters. The van der Waals surface area contributed by atoms with Gasteiger partial charge in [-0.25, -0.2) is 0 Å². The Hall–Kier alpha value is -2.78. The number of nitrogens with one attached hydrogen (secondary N) is 2. The molecule has 0 atom stereocenters. The predicted octanol–water partition coefficient (Wildman–Crippen LogP) is 0.420. The van der Waals surface area contributed by atoms with Crippen molar-refractivity contribution in [3.05, 3.63) is 33.9 Å². The first-order valence-electron chi connectivity index (χ1n) is 5.86. The number of nitrogens with zero attached hydrogens (tertiary/aromatic N) is 5. The molecule has 0 fully saturated rings. The molecule has 0 saturated heterocycles. The Morgan fingerprint density at radius 2 is 2.35 bits per heavy atom. The number of hydrogen-bond donors (Lipinski definition) is 2. The number of H-pyrrole nitrogens is 1. The molecule has 2 heterocycles. The number of amides is 1. The normalized spacial score (nSPS) is 10.8. The molecule has 2 aromatic heterocycles. The second kappa shape index (κ2) is 5.47. The summed E-state index contributed by atoms with van der Waals surface area (Å²) in [6.45, 7) is 3.76. The van der Waals surface area contributed by atoms with Crippen LogP contribution in [0.5, 0.6) is 0 Å². The van der Waals surface area contributed by atoms with Gasteiger partial charge >= 0.3 is 0 Å². The van der Waals surface area contributed by atoms with Crippen LogP contribution in [0.4, 0.5) is 5.69 Å². The summed E-state index contributed by atoms with van der Waals surface area (Å²) in [4.78, 5) is 22.3. The van der Waals surface area contributed by atoms with Crippen LogP contribution in [-0.2, 0) is 6.54 Å². The molecule has 0 saturated carbocycles. The summed E-state index contributed by atoms with van der Waals surface area (Å²) in [6.07, 6.45) is 1.34. The summed E-state index contributed by atoms with van der Waals surface area (Å²) in [5, 5.41) is 26.4. The Bertz CT molecular complexity index is 617. The van der Waals surface area contributed by atoms with Crippen LogP contribution in [0.1, 0.15) is 36.2 Å². The number of tetrazole rings is 1. The fraction of sp³-hybridized carbons (Fsp3) is 0.400. The molecule has 106 valence electrons. The summed E-state index contributed by atoms with van der Waals surface area (Å²) in [6, 6.07) is 1.17. The fourth-order valence-corrected chi connectivity index (χ4v) is 1.68. The van der Waals surface area contributed by atoms with Crippen molar-refractivity contribution in [1.29, 1.82) is 0 Å². The molecule has 0 aliphatic carbocycles. The average Bonchev–Trinajstić information content (AvgIpc) is 3.04. The molecule has 10 nitrogen and oxygen atoms in total. The lowest BCUT2D eigenvalue weighted by molar-refractivity contribution is -0.384. The van der Waals surface area contributed by atoms with Crippen LogP contribution >= 0.6 is 0 Å². The molecule has 0 aromatic carbocycles. The highest BCUT2D eigenvalue weighted by Crippen LogP contribution is 2.20. The van der Waals surface area contributed by atoms with Gasteiger partial charge in [-0.2, -0.15) is 5.21 Å². The summed E-state index contributed by atoms with van der Waals surface area (Å²) >= 11 is 0. The van der Waals surface area contributed by atoms with Gasteiger partial charge in [-0.3, -0.25) is 14.9 Å². The van der Waals surface area contributed by atoms with E-state index in [0.29, 0.717) is 5.82 Å². The third-order valence-electron chi connectivity index (χ3n) is 2.63. The number of carbonyl (C=O) groups excluding carboxylic acids is 1. The zero-order chi connectivity index (χ0) is 14.7. The third kappa shape index (κ3) is 2.79. The van der Waals surface area contributed by atoms with Crippen LogP contribution in [0, 0.1) is 10.1 Å². The van der Waals surface area contributed by atoms with Crippen LogP contribution in [0.3, 0.4) is 0 Å². The van der Waals surface area contributed by atoms with Crippen molar-refractivity contribution in [1.82, 2.24) is 30.5 Å². The minimum absolute atomic E-state index is 0.0744. The number of carbonyl (C=O) groups is 1. The van der Waals surface area contributed by atoms with Gasteiger partial charge in [0.05, 0.1) is 17.7 Å². The molecule has 1 amide bonds. The van der Waals surface area contributed by atoms with E-state index in [9.17, 15) is 14.9 Å². The highest BCUT2D eigenvalue weighted by Gasteiger charge is 2.20. The van der Waals surface area contributed by atoms with E-state index in [4.69, 9.17) is 0 Å². The molecule has 0 spiro atoms. The lowest BCUT2D eigenvalue weighted by Gasteiger charge is -2.11. The van der Waals surface area contributed by atoms with Crippen molar-refractivity contribution in [2.75, 3.05) is 0 Å². The number of nitro groups is 1. The SMILES string of the molecule is CC(C)n1cc([N+](=O)[O-])cc1C(=O)NCc1nn[nH]n1. The molecule has 2 aromatic rings. The second-order valence-corrected chi connectivity index (χ2v) is 4.35. The maximum atomic E-state index is 12.1. The van der Waals surface area contributed by atoms with Crippen molar-refractivity contribution in [3.63, 3.8) is 0 Å². The topological polar surface area (TPSA) is 132 Å². The average molecular weight is 279 g/mol. The van der Waals surface area contributed by atoms with Gasteiger partial charge in [0.25, 0.3) is 11.6 Å². The zero-order valence-corrected chi connectivity index (χ0v) is 10.9. The van der Waals surface area contributed by atoms with Gasteiger partial charge in [-0.1, -0.05) is 5.21 Å². The molecule has 2 N–H and O–H groups in total. The van der Waals surface area contributed by atoms with Crippen molar-refractivity contribution in [2.45, 2.75) is 26.4 Å². The fourth-order valence-electron chi connectivity index (χ4n) is 1.68. The van der Waals surface area contributed by atoms with E-state index in [0.717, 1.165) is 0 Å². The first kappa shape index (κ1) is 13.6. The molecular weight excluding hydrogens is 266 g/mol. The highest BCUT2D eigenvalue weighted by atomic mass is 16.6. The first-order valence-corrected chi connectivity index (χ1v) is 5.86. The number of aromatic nitrogens is 5. The van der Waals surface area contributed by atoms with E-state index in [1.165, 1.54) is 12.3 Å². The highest BCUT2D eigenvalue weighted by molar-refractivity contribution is 5.93. The van der Waals surface area contributed by atoms with Gasteiger partial charge in [0.2, 0.25) is 0 Å². The third-order valence-corrected chi connectivity index (χ3v) is 2.63. The van der Waals surface area contributed by atoms with Crippen LogP contribution in [0.15, 0.2) is 12.3 Å². The molecule has 2 rings (SSSR count). The summed E-state index contributed by atoms with van der Waals surface area (Å²) in [5.41, 5.74) is 0.0959. The maximum absolute atomic E-state index is 12.1. The Balaban J connectivity index is 2.17. The lowest BCUT2D eigenvalue weighted by atomic mass is 10.3. The van der Waals surface area contributed by atoms with E-state index in [2.05, 4.69) is 25.9 Å². The molecule has 20 heavy (non-hydrogen) atoms. The van der Waals surface area contributed by atoms with Crippen LogP contribution in [0.2, 0.25) is 0 Å². The van der Waals surface area contributed by atoms with Crippen LogP contribution in [-0.4, -0.2) is 36.0 Å². The van der Waals surface area contributed by atoms with Crippen molar-refractivity contribution >= 4 is 11.6 Å². The van der Waals surface area contributed by atoms with Crippen molar-refractivity contribution < 1.29 is 9.72 Å². The second-order valence-electron chi connectivity index (χ2n) is 4.35. The number of rotatable bonds is 5. The quantitative estimate of drug-likeness (QED) is 0.602. The molecule has 0 radical (unpaired) electrons. The largest absolute Gasteiger partial charge is 0.343 e. The van der Waals surface area contributed by atoms with E-state index in [1.807, 2.05) is 13.8 Å². The smallest absolute Gasteiger partial charge is 0.287 e. The van der Waals surface area contributed by atoms with Crippen LogP contribution in [0.25, 0.3) is 0 Å². The van der Waals surface area contributed by atoms with Crippen LogP contribution < -0.4 is 5.32 Å². The van der Waals surface area contributed by atoms with E-state index in [1.54, 1.807) is 4.57 Å². The van der Waals surface area contributed by atoms with Gasteiger partial charge in [0.15, 0.2) is 5.82 Å². The van der Waals surface area contributed by atoms with Gasteiger partial charge < -0.3 is 9.88 Å². The monoisotopic (exact) mass is 279 g/mol. The minimum atomic E-state index is -0.533. The Morgan fingerprint density at radius 3 is 2.90 bits per heavy atom. The van der Waals surface area contributed by atoms with E-state index >= 15 is 0 Å². The number of hydrogen-bond acceptors (Lipinski definition) is 6. The standard InChI is InChI=1S/C10H13N7O3/c1-6(2)16-5-7(17(19)20)3-8(16)10(18)11-4-9-12-14-15-13-9/h3,5-6H,4H2,1-2H3,(H,11,18)(H,12,13,14,15). The Kier molecular flexibility index (Phi) is 3.73. The zero-order valence-electron chi connectivity index (χ0n) is 10.9. The van der Waals surface area contributed by atoms with Gasteiger partial charge in [0, 0.05) is 12.1 Å². The Labute approximate surface area is 113 Å². The van der Waals surface area contributed by atoms with E-state index < -0.39 is 10.8 Å². The lowest BCUT2D eigenvalue weighted by Crippen LogP contribution is -2.26. The Morgan fingerprint density at radius 1 is 1.60 bits per heavy atom. The van der Waals surface area contributed by atoms with Crippen molar-refractivity contribution in [3.8, 4) is 0 Å². The summed E-state index contributed by atoms with van der Waals surface area (Å²) < 4.78 is 1.55. The molecule has 0 aliphatic heterocycles. The van der Waals surface area contributed by atoms with E-state index in [-0.39, 0.29) is 24.0 Å². The molecule has 10 heteroatoms. The number of aromatic amines is 1. The molecule has 0 bridgehead atoms. The van der Waals surface area contributed by atoms with Crippen molar-refractivity contribution in [2.24, 2.45) is 0 Å². The first-order chi connectivity index (χ1) is 9.49. The summed E-state index contributed by atoms with van der Waals surface area (Å²) in [7, 11) is 0. The van der Waals surface area contributed by atoms with Gasteiger partial charge in [-0.15, -0.1) is 10.2 Å². The minimum Gasteiger partial charge on any atom is -0.343 e. The summed E-state index contributed by atoms with van der Waals surface area (Å²) in [5.74, 6) is -0.105. The molecule has 0 aliphatic rings. The van der Waals surface area contributed by atoms with Gasteiger partial charge in [-0.05, 0) is 13.8 Å². The maximum Gasteiger partial charge on any atom is 0.287 e. The van der Waals surface area contributed by atoms with Gasteiger partial charge in [0.1, 0.15) is 5.69 Å².